The van der Waals surface area contributed by atoms with E-state index in [0.29, 0.717) is 5.76 Å². The molecule has 1 N–H and O–H groups in total. The van der Waals surface area contributed by atoms with Crippen LogP contribution in [0.25, 0.3) is 0 Å². The molecule has 1 heterocycles. The minimum absolute atomic E-state index is 0.0964. The number of nitrogens with zero attached hydrogens (tertiary/aromatic N) is 1. The van der Waals surface area contributed by atoms with Crippen molar-refractivity contribution in [2.75, 3.05) is 17.7 Å². The molecule has 0 aliphatic rings. The maximum absolute atomic E-state index is 12.8. The summed E-state index contributed by atoms with van der Waals surface area (Å²) in [5, 5.41) is 5.88. The number of sulfone groups is 1. The Morgan fingerprint density at radius 3 is 2.56 bits per heavy atom. The van der Waals surface area contributed by atoms with Crippen molar-refractivity contribution in [2.24, 2.45) is 0 Å². The van der Waals surface area contributed by atoms with Crippen LogP contribution >= 0.6 is 0 Å². The molecule has 2 rings (SSSR count). The number of anilines is 1. The topological polar surface area (TPSA) is 116 Å². The number of amides is 1. The fourth-order valence-corrected chi connectivity index (χ4v) is 3.02. The predicted octanol–water partition coefficient (Wildman–Crippen LogP) is 1.47. The van der Waals surface area contributed by atoms with Crippen LogP contribution in [-0.4, -0.2) is 37.8 Å². The van der Waals surface area contributed by atoms with E-state index in [0.717, 1.165) is 24.3 Å². The zero-order valence-electron chi connectivity index (χ0n) is 13.2. The van der Waals surface area contributed by atoms with E-state index in [2.05, 4.69) is 10.5 Å². The van der Waals surface area contributed by atoms with Gasteiger partial charge in [0.1, 0.15) is 11.6 Å². The monoisotopic (exact) mass is 370 g/mol. The molecule has 0 aliphatic carbocycles. The third kappa shape index (κ3) is 5.68. The van der Waals surface area contributed by atoms with Gasteiger partial charge in [-0.25, -0.2) is 12.8 Å². The highest BCUT2D eigenvalue weighted by Gasteiger charge is 2.18. The van der Waals surface area contributed by atoms with E-state index < -0.39 is 46.3 Å². The average Bonchev–Trinajstić information content (AvgIpc) is 2.96. The van der Waals surface area contributed by atoms with Gasteiger partial charge in [-0.15, -0.1) is 0 Å². The second kappa shape index (κ2) is 7.88. The molecule has 0 saturated heterocycles. The van der Waals surface area contributed by atoms with Gasteiger partial charge in [-0.05, 0) is 31.2 Å². The van der Waals surface area contributed by atoms with E-state index in [-0.39, 0.29) is 10.7 Å². The van der Waals surface area contributed by atoms with Gasteiger partial charge in [-0.3, -0.25) is 9.59 Å². The van der Waals surface area contributed by atoms with Crippen molar-refractivity contribution in [1.82, 2.24) is 5.16 Å². The Labute approximate surface area is 142 Å². The number of hydrogen-bond donors (Lipinski definition) is 1. The van der Waals surface area contributed by atoms with Gasteiger partial charge >= 0.3 is 5.97 Å². The van der Waals surface area contributed by atoms with Crippen LogP contribution < -0.4 is 5.32 Å². The molecule has 0 bridgehead atoms. The number of nitrogens with one attached hydrogen (secondary N) is 1. The molecule has 10 heteroatoms. The molecule has 0 radical (unpaired) electrons. The first kappa shape index (κ1) is 18.6. The second-order valence-corrected chi connectivity index (χ2v) is 7.16. The highest BCUT2D eigenvalue weighted by molar-refractivity contribution is 7.91. The van der Waals surface area contributed by atoms with Crippen molar-refractivity contribution >= 4 is 27.5 Å². The van der Waals surface area contributed by atoms with E-state index in [4.69, 9.17) is 9.26 Å². The smallest absolute Gasteiger partial charge is 0.307 e. The average molecular weight is 370 g/mol. The van der Waals surface area contributed by atoms with Crippen LogP contribution in [0.15, 0.2) is 39.8 Å². The summed E-state index contributed by atoms with van der Waals surface area (Å²) in [6, 6.07) is 5.74. The molecule has 0 spiro atoms. The van der Waals surface area contributed by atoms with Crippen molar-refractivity contribution in [2.45, 2.75) is 18.2 Å². The van der Waals surface area contributed by atoms with Crippen molar-refractivity contribution in [3.05, 3.63) is 41.9 Å². The minimum atomic E-state index is -3.75. The number of esters is 1. The third-order valence-corrected chi connectivity index (χ3v) is 4.74. The van der Waals surface area contributed by atoms with E-state index in [9.17, 15) is 22.4 Å². The van der Waals surface area contributed by atoms with Crippen LogP contribution in [0.4, 0.5) is 10.2 Å². The summed E-state index contributed by atoms with van der Waals surface area (Å²) in [4.78, 5) is 23.0. The maximum atomic E-state index is 12.8. The summed E-state index contributed by atoms with van der Waals surface area (Å²) in [7, 11) is -3.75. The van der Waals surface area contributed by atoms with Crippen molar-refractivity contribution in [3.8, 4) is 0 Å². The normalized spacial score (nSPS) is 11.1. The van der Waals surface area contributed by atoms with Gasteiger partial charge in [-0.2, -0.15) is 0 Å². The number of halogens is 1. The lowest BCUT2D eigenvalue weighted by Crippen LogP contribution is -2.22. The lowest BCUT2D eigenvalue weighted by molar-refractivity contribution is -0.146. The number of ether oxygens (including phenoxy) is 1. The number of carbonyl (C=O) groups excluding carboxylic acids is 2. The molecular formula is C15H15FN2O6S. The summed E-state index contributed by atoms with van der Waals surface area (Å²) < 4.78 is 46.3. The summed E-state index contributed by atoms with van der Waals surface area (Å²) in [5.41, 5.74) is 0. The van der Waals surface area contributed by atoms with Gasteiger partial charge in [0.05, 0.1) is 17.1 Å². The van der Waals surface area contributed by atoms with E-state index >= 15 is 0 Å². The maximum Gasteiger partial charge on any atom is 0.307 e. The first-order chi connectivity index (χ1) is 11.8. The Hall–Kier alpha value is -2.75. The molecule has 1 aromatic carbocycles. The molecule has 2 aromatic rings. The van der Waals surface area contributed by atoms with Gasteiger partial charge in [0.25, 0.3) is 5.91 Å². The second-order valence-electron chi connectivity index (χ2n) is 5.05. The lowest BCUT2D eigenvalue weighted by Gasteiger charge is -2.06. The zero-order chi connectivity index (χ0) is 18.4. The number of benzene rings is 1. The SMILES string of the molecule is Cc1cc(NC(=O)COC(=O)CCS(=O)(=O)c2ccc(F)cc2)no1. The minimum Gasteiger partial charge on any atom is -0.456 e. The first-order valence-corrected chi connectivity index (χ1v) is 8.78. The fraction of sp³-hybridized carbons (Fsp3) is 0.267. The number of hydrogen-bond acceptors (Lipinski definition) is 7. The zero-order valence-corrected chi connectivity index (χ0v) is 14.0. The Morgan fingerprint density at radius 1 is 1.28 bits per heavy atom. The lowest BCUT2D eigenvalue weighted by atomic mass is 10.4. The van der Waals surface area contributed by atoms with E-state index in [1.165, 1.54) is 6.07 Å². The van der Waals surface area contributed by atoms with E-state index in [1.807, 2.05) is 0 Å². The van der Waals surface area contributed by atoms with Gasteiger partial charge in [0.2, 0.25) is 0 Å². The first-order valence-electron chi connectivity index (χ1n) is 7.13. The Kier molecular flexibility index (Phi) is 5.86. The number of aryl methyl sites for hydroxylation is 1. The van der Waals surface area contributed by atoms with Gasteiger partial charge in [0.15, 0.2) is 22.3 Å². The highest BCUT2D eigenvalue weighted by Crippen LogP contribution is 2.13. The van der Waals surface area contributed by atoms with Crippen LogP contribution in [-0.2, 0) is 24.2 Å². The van der Waals surface area contributed by atoms with Crippen molar-refractivity contribution < 1.29 is 31.7 Å². The van der Waals surface area contributed by atoms with Gasteiger partial charge in [0, 0.05) is 6.07 Å². The third-order valence-electron chi connectivity index (χ3n) is 3.01. The molecule has 25 heavy (non-hydrogen) atoms. The molecule has 0 aliphatic heterocycles. The summed E-state index contributed by atoms with van der Waals surface area (Å²) >= 11 is 0. The predicted molar refractivity (Wildman–Crippen MR) is 83.9 cm³/mol. The molecule has 134 valence electrons. The molecule has 0 atom stereocenters. The van der Waals surface area contributed by atoms with Crippen LogP contribution in [0, 0.1) is 12.7 Å². The number of aromatic nitrogens is 1. The Balaban J connectivity index is 1.78. The molecule has 1 aromatic heterocycles. The van der Waals surface area contributed by atoms with Crippen molar-refractivity contribution in [1.29, 1.82) is 0 Å². The van der Waals surface area contributed by atoms with Crippen molar-refractivity contribution in [3.63, 3.8) is 0 Å². The quantitative estimate of drug-likeness (QED) is 0.579. The Bertz CT molecular complexity index is 860. The molecule has 0 fully saturated rings. The Morgan fingerprint density at radius 2 is 1.96 bits per heavy atom. The summed E-state index contributed by atoms with van der Waals surface area (Å²) in [6.07, 6.45) is -0.434. The summed E-state index contributed by atoms with van der Waals surface area (Å²) in [6.45, 7) is 1.06. The van der Waals surface area contributed by atoms with Crippen LogP contribution in [0.1, 0.15) is 12.2 Å². The molecule has 0 saturated carbocycles. The van der Waals surface area contributed by atoms with E-state index in [1.54, 1.807) is 6.92 Å². The van der Waals surface area contributed by atoms with Gasteiger partial charge in [-0.1, -0.05) is 5.16 Å². The molecule has 0 unspecified atom stereocenters. The largest absolute Gasteiger partial charge is 0.456 e. The molecule has 1 amide bonds. The number of carbonyl (C=O) groups is 2. The highest BCUT2D eigenvalue weighted by atomic mass is 32.2. The van der Waals surface area contributed by atoms with Crippen LogP contribution in [0.2, 0.25) is 0 Å². The molecule has 8 nitrogen and oxygen atoms in total. The summed E-state index contributed by atoms with van der Waals surface area (Å²) in [5.74, 6) is -1.88. The molecular weight excluding hydrogens is 355 g/mol. The fourth-order valence-electron chi connectivity index (χ4n) is 1.80. The number of rotatable bonds is 7. The van der Waals surface area contributed by atoms with Gasteiger partial charge < -0.3 is 14.6 Å². The van der Waals surface area contributed by atoms with Crippen LogP contribution in [0.3, 0.4) is 0 Å². The standard InChI is InChI=1S/C15H15FN2O6S/c1-10-8-13(18-24-10)17-14(19)9-23-15(20)6-7-25(21,22)12-4-2-11(16)3-5-12/h2-5,8H,6-7,9H2,1H3,(H,17,18,19). The van der Waals surface area contributed by atoms with Crippen LogP contribution in [0.5, 0.6) is 0 Å².